The Hall–Kier alpha value is -4.51. The van der Waals surface area contributed by atoms with Gasteiger partial charge in [-0.3, -0.25) is 0 Å². The summed E-state index contributed by atoms with van der Waals surface area (Å²) in [4.78, 5) is 28.7. The van der Waals surface area contributed by atoms with Crippen LogP contribution in [0.3, 0.4) is 0 Å². The van der Waals surface area contributed by atoms with Gasteiger partial charge >= 0.3 is 5.97 Å². The molecule has 0 amide bonds. The van der Waals surface area contributed by atoms with Crippen molar-refractivity contribution in [2.75, 3.05) is 35.8 Å². The van der Waals surface area contributed by atoms with Gasteiger partial charge in [0, 0.05) is 18.8 Å². The average Bonchev–Trinajstić information content (AvgIpc) is 3.50. The van der Waals surface area contributed by atoms with Crippen LogP contribution in [-0.4, -0.2) is 47.3 Å². The number of hydrogen-bond donors (Lipinski definition) is 2. The zero-order chi connectivity index (χ0) is 26.2. The number of carbonyl (C=O) groups excluding carboxylic acids is 1. The van der Waals surface area contributed by atoms with E-state index in [1.54, 1.807) is 36.5 Å². The molecule has 38 heavy (non-hydrogen) atoms. The Bertz CT molecular complexity index is 1390. The average molecular weight is 530 g/mol. The summed E-state index contributed by atoms with van der Waals surface area (Å²) < 4.78 is 10.9. The summed E-state index contributed by atoms with van der Waals surface area (Å²) in [5, 5.41) is 9.38. The Morgan fingerprint density at radius 1 is 0.974 bits per heavy atom. The van der Waals surface area contributed by atoms with Crippen molar-refractivity contribution in [3.63, 3.8) is 0 Å². The molecule has 2 aromatic heterocycles. The summed E-state index contributed by atoms with van der Waals surface area (Å²) in [6.45, 7) is 1.81. The number of methoxy groups -OCH3 is 1. The van der Waals surface area contributed by atoms with Gasteiger partial charge in [-0.15, -0.1) is 11.3 Å². The van der Waals surface area contributed by atoms with Crippen LogP contribution >= 0.6 is 11.3 Å². The minimum absolute atomic E-state index is 0.323. The van der Waals surface area contributed by atoms with Crippen molar-refractivity contribution in [3.8, 4) is 11.5 Å². The van der Waals surface area contributed by atoms with Crippen LogP contribution in [0.5, 0.6) is 11.5 Å². The summed E-state index contributed by atoms with van der Waals surface area (Å²) in [5.74, 6) is 1.68. The van der Waals surface area contributed by atoms with Gasteiger partial charge in [0.05, 0.1) is 13.3 Å². The number of thiophene rings is 1. The molecule has 5 rings (SSSR count). The number of esters is 1. The van der Waals surface area contributed by atoms with Crippen molar-refractivity contribution in [2.45, 2.75) is 19.3 Å². The van der Waals surface area contributed by atoms with E-state index in [4.69, 9.17) is 9.47 Å². The lowest BCUT2D eigenvalue weighted by Crippen LogP contribution is -2.31. The molecule has 0 atom stereocenters. The van der Waals surface area contributed by atoms with Gasteiger partial charge < -0.3 is 19.7 Å². The number of carbonyl (C=O) groups is 1. The standard InChI is InChI=1S/C27H27N7O3S/c1-36-22-17-19(12-13-21(22)37-24(35)23-11-8-16-38-23)18-28-33-26-30-25(29-20-9-4-2-5-10-20)31-27(32-26)34-14-6-3-7-15-34/h2,4-5,8-13,16-18H,3,6-7,14-15H2,1H3,(H2,29,30,31,32,33)/b28-18-. The Morgan fingerprint density at radius 3 is 2.55 bits per heavy atom. The molecule has 0 radical (unpaired) electrons. The van der Waals surface area contributed by atoms with E-state index in [2.05, 4.69) is 35.7 Å². The second kappa shape index (κ2) is 12.2. The van der Waals surface area contributed by atoms with Crippen molar-refractivity contribution in [2.24, 2.45) is 5.10 Å². The van der Waals surface area contributed by atoms with Crippen LogP contribution in [0.25, 0.3) is 0 Å². The fourth-order valence-electron chi connectivity index (χ4n) is 3.91. The maximum absolute atomic E-state index is 12.3. The molecule has 1 saturated heterocycles. The summed E-state index contributed by atoms with van der Waals surface area (Å²) in [6, 6.07) is 18.4. The zero-order valence-electron chi connectivity index (χ0n) is 20.8. The summed E-state index contributed by atoms with van der Waals surface area (Å²) >= 11 is 1.32. The molecule has 0 spiro atoms. The van der Waals surface area contributed by atoms with Crippen molar-refractivity contribution in [3.05, 3.63) is 76.5 Å². The molecule has 3 heterocycles. The lowest BCUT2D eigenvalue weighted by molar-refractivity contribution is 0.0735. The number of anilines is 4. The minimum Gasteiger partial charge on any atom is -0.493 e. The van der Waals surface area contributed by atoms with E-state index in [-0.39, 0.29) is 0 Å². The number of benzene rings is 2. The third-order valence-corrected chi connectivity index (χ3v) is 6.63. The first-order valence-corrected chi connectivity index (χ1v) is 13.1. The molecular weight excluding hydrogens is 502 g/mol. The Morgan fingerprint density at radius 2 is 1.79 bits per heavy atom. The molecule has 4 aromatic rings. The Kier molecular flexibility index (Phi) is 8.04. The second-order valence-corrected chi connectivity index (χ2v) is 9.42. The number of ether oxygens (including phenoxy) is 2. The van der Waals surface area contributed by atoms with E-state index in [0.717, 1.165) is 37.2 Å². The highest BCUT2D eigenvalue weighted by molar-refractivity contribution is 7.12. The van der Waals surface area contributed by atoms with E-state index < -0.39 is 5.97 Å². The molecule has 10 nitrogen and oxygen atoms in total. The van der Waals surface area contributed by atoms with Crippen LogP contribution in [0, 0.1) is 0 Å². The molecule has 1 aliphatic heterocycles. The molecule has 0 unspecified atom stereocenters. The lowest BCUT2D eigenvalue weighted by atomic mass is 10.1. The van der Waals surface area contributed by atoms with Crippen LogP contribution < -0.4 is 25.1 Å². The molecule has 0 aliphatic carbocycles. The summed E-state index contributed by atoms with van der Waals surface area (Å²) in [7, 11) is 1.52. The largest absolute Gasteiger partial charge is 0.493 e. The van der Waals surface area contributed by atoms with E-state index in [1.165, 1.54) is 24.9 Å². The van der Waals surface area contributed by atoms with Crippen LogP contribution in [0.15, 0.2) is 71.1 Å². The quantitative estimate of drug-likeness (QED) is 0.128. The maximum Gasteiger partial charge on any atom is 0.353 e. The van der Waals surface area contributed by atoms with Gasteiger partial charge in [0.2, 0.25) is 17.8 Å². The topological polar surface area (TPSA) is 114 Å². The van der Waals surface area contributed by atoms with Gasteiger partial charge in [0.25, 0.3) is 0 Å². The first kappa shape index (κ1) is 25.2. The lowest BCUT2D eigenvalue weighted by Gasteiger charge is -2.26. The number of piperidine rings is 1. The normalized spacial score (nSPS) is 13.3. The first-order valence-electron chi connectivity index (χ1n) is 12.2. The Balaban J connectivity index is 1.31. The van der Waals surface area contributed by atoms with E-state index >= 15 is 0 Å². The van der Waals surface area contributed by atoms with Crippen LogP contribution in [-0.2, 0) is 0 Å². The van der Waals surface area contributed by atoms with Crippen LogP contribution in [0.2, 0.25) is 0 Å². The number of nitrogens with one attached hydrogen (secondary N) is 2. The van der Waals surface area contributed by atoms with Gasteiger partial charge in [-0.25, -0.2) is 10.2 Å². The molecular formula is C27H27N7O3S. The third kappa shape index (κ3) is 6.43. The number of para-hydroxylation sites is 1. The predicted octanol–water partition coefficient (Wildman–Crippen LogP) is 5.34. The number of hydrazone groups is 1. The fourth-order valence-corrected chi connectivity index (χ4v) is 4.51. The van der Waals surface area contributed by atoms with Gasteiger partial charge in [0.15, 0.2) is 11.5 Å². The molecule has 1 aliphatic rings. The summed E-state index contributed by atoms with van der Waals surface area (Å²) in [5.41, 5.74) is 4.53. The van der Waals surface area contributed by atoms with E-state index in [0.29, 0.717) is 34.2 Å². The molecule has 11 heteroatoms. The smallest absolute Gasteiger partial charge is 0.353 e. The summed E-state index contributed by atoms with van der Waals surface area (Å²) in [6.07, 6.45) is 5.03. The Labute approximate surface area is 224 Å². The van der Waals surface area contributed by atoms with Crippen molar-refractivity contribution in [1.82, 2.24) is 15.0 Å². The molecule has 1 fully saturated rings. The second-order valence-electron chi connectivity index (χ2n) is 8.47. The fraction of sp³-hybridized carbons (Fsp3) is 0.222. The van der Waals surface area contributed by atoms with Crippen LogP contribution in [0.1, 0.15) is 34.5 Å². The third-order valence-electron chi connectivity index (χ3n) is 5.78. The van der Waals surface area contributed by atoms with Gasteiger partial charge in [0.1, 0.15) is 4.88 Å². The molecule has 194 valence electrons. The molecule has 2 aromatic carbocycles. The number of hydrogen-bond acceptors (Lipinski definition) is 11. The predicted molar refractivity (Wildman–Crippen MR) is 149 cm³/mol. The van der Waals surface area contributed by atoms with Gasteiger partial charge in [-0.05, 0) is 66.6 Å². The van der Waals surface area contributed by atoms with Crippen LogP contribution in [0.4, 0.5) is 23.5 Å². The highest BCUT2D eigenvalue weighted by Gasteiger charge is 2.17. The highest BCUT2D eigenvalue weighted by atomic mass is 32.1. The van der Waals surface area contributed by atoms with E-state index in [1.807, 2.05) is 35.7 Å². The van der Waals surface area contributed by atoms with E-state index in [9.17, 15) is 4.79 Å². The van der Waals surface area contributed by atoms with Gasteiger partial charge in [-0.2, -0.15) is 20.1 Å². The van der Waals surface area contributed by atoms with Crippen molar-refractivity contribution >= 4 is 47.1 Å². The number of aromatic nitrogens is 3. The molecule has 0 saturated carbocycles. The molecule has 0 bridgehead atoms. The minimum atomic E-state index is -0.430. The first-order chi connectivity index (χ1) is 18.7. The van der Waals surface area contributed by atoms with Crippen molar-refractivity contribution in [1.29, 1.82) is 0 Å². The highest BCUT2D eigenvalue weighted by Crippen LogP contribution is 2.29. The SMILES string of the molecule is COc1cc(/C=N\Nc2nc(Nc3ccccc3)nc(N3CCCCC3)n2)ccc1OC(=O)c1cccs1. The number of rotatable bonds is 9. The molecule has 2 N–H and O–H groups in total. The monoisotopic (exact) mass is 529 g/mol. The maximum atomic E-state index is 12.3. The zero-order valence-corrected chi connectivity index (χ0v) is 21.6. The van der Waals surface area contributed by atoms with Crippen molar-refractivity contribution < 1.29 is 14.3 Å². The number of nitrogens with zero attached hydrogens (tertiary/aromatic N) is 5. The van der Waals surface area contributed by atoms with Gasteiger partial charge in [-0.1, -0.05) is 24.3 Å².